The van der Waals surface area contributed by atoms with Crippen LogP contribution in [0.1, 0.15) is 0 Å². The number of hydrogen-bond acceptors (Lipinski definition) is 1. The monoisotopic (exact) mass is 278 g/mol. The Hall–Kier alpha value is -2.61. The van der Waals surface area contributed by atoms with Gasteiger partial charge in [0.15, 0.2) is 0 Å². The number of aromatic nitrogens is 1. The summed E-state index contributed by atoms with van der Waals surface area (Å²) in [6.07, 6.45) is 0. The van der Waals surface area contributed by atoms with Crippen LogP contribution in [0.25, 0.3) is 27.5 Å². The van der Waals surface area contributed by atoms with Gasteiger partial charge >= 0.3 is 0 Å². The van der Waals surface area contributed by atoms with Crippen LogP contribution < -0.4 is 4.72 Å². The van der Waals surface area contributed by atoms with Gasteiger partial charge in [0.25, 0.3) is 0 Å². The van der Waals surface area contributed by atoms with E-state index in [-0.39, 0.29) is 0 Å². The fourth-order valence-electron chi connectivity index (χ4n) is 2.99. The maximum absolute atomic E-state index is 5.66. The van der Waals surface area contributed by atoms with E-state index in [1.807, 2.05) is 18.2 Å². The van der Waals surface area contributed by atoms with Crippen molar-refractivity contribution >= 4 is 43.5 Å². The van der Waals surface area contributed by atoms with Gasteiger partial charge in [-0.2, -0.15) is 0 Å². The Morgan fingerprint density at radius 1 is 0.682 bits per heavy atom. The minimum absolute atomic E-state index is 0.763. The number of para-hydroxylation sites is 2. The van der Waals surface area contributed by atoms with Gasteiger partial charge in [-0.3, -0.25) is 0 Å². The lowest BCUT2D eigenvalue weighted by Crippen LogP contribution is -2.13. The molecule has 3 aromatic carbocycles. The molecule has 1 heterocycles. The zero-order valence-corrected chi connectivity index (χ0v) is 12.0. The number of nitrogens with zero attached hydrogens (tertiary/aromatic N) is 2. The van der Waals surface area contributed by atoms with Crippen molar-refractivity contribution in [2.45, 2.75) is 0 Å². The first-order chi connectivity index (χ1) is 10.8. The first kappa shape index (κ1) is 13.1. The zero-order chi connectivity index (χ0) is 15.1. The largest absolute Gasteiger partial charge is 0.479 e. The molecule has 4 rings (SSSR count). The Balaban J connectivity index is 2.11. The molecule has 4 radical (unpaired) electrons. The van der Waals surface area contributed by atoms with E-state index >= 15 is 0 Å². The van der Waals surface area contributed by atoms with Crippen molar-refractivity contribution in [3.63, 3.8) is 0 Å². The van der Waals surface area contributed by atoms with Gasteiger partial charge < -0.3 is 9.29 Å². The van der Waals surface area contributed by atoms with Crippen molar-refractivity contribution in [2.24, 2.45) is 0 Å². The lowest BCUT2D eigenvalue weighted by Gasteiger charge is -2.16. The second kappa shape index (κ2) is 4.99. The summed E-state index contributed by atoms with van der Waals surface area (Å²) in [7, 11) is 11.3. The summed E-state index contributed by atoms with van der Waals surface area (Å²) >= 11 is 0. The Morgan fingerprint density at radius 2 is 1.27 bits per heavy atom. The van der Waals surface area contributed by atoms with Crippen molar-refractivity contribution in [1.29, 1.82) is 0 Å². The van der Waals surface area contributed by atoms with Crippen LogP contribution in [0.3, 0.4) is 0 Å². The molecule has 4 aromatic rings. The molecule has 0 atom stereocenters. The van der Waals surface area contributed by atoms with E-state index in [9.17, 15) is 0 Å². The van der Waals surface area contributed by atoms with Crippen LogP contribution >= 0.6 is 0 Å². The van der Waals surface area contributed by atoms with Gasteiger partial charge in [0.05, 0.1) is 11.0 Å². The second-order valence-corrected chi connectivity index (χ2v) is 5.30. The van der Waals surface area contributed by atoms with Gasteiger partial charge in [-0.1, -0.05) is 42.5 Å². The standard InChI is InChI=1S/C18H12B2N2/c19-22(20)14-7-5-6-13(12-14)21-17-10-3-1-8-15(17)16-9-2-4-11-18(16)21/h1-12H. The van der Waals surface area contributed by atoms with Gasteiger partial charge in [-0.05, 0) is 30.3 Å². The maximum Gasteiger partial charge on any atom is 0.209 e. The highest BCUT2D eigenvalue weighted by molar-refractivity contribution is 6.41. The molecule has 2 nitrogen and oxygen atoms in total. The van der Waals surface area contributed by atoms with Crippen molar-refractivity contribution in [3.8, 4) is 5.69 Å². The molecular weight excluding hydrogens is 266 g/mol. The highest BCUT2D eigenvalue weighted by atomic mass is 15.0. The van der Waals surface area contributed by atoms with E-state index in [1.165, 1.54) is 21.8 Å². The van der Waals surface area contributed by atoms with E-state index in [0.717, 1.165) is 16.1 Å². The average molecular weight is 278 g/mol. The molecule has 1 aromatic heterocycles. The lowest BCUT2D eigenvalue weighted by molar-refractivity contribution is 1.18. The number of anilines is 1. The molecule has 22 heavy (non-hydrogen) atoms. The van der Waals surface area contributed by atoms with E-state index in [4.69, 9.17) is 16.0 Å². The molecule has 0 aliphatic carbocycles. The lowest BCUT2D eigenvalue weighted by atomic mass is 10.1. The smallest absolute Gasteiger partial charge is 0.209 e. The van der Waals surface area contributed by atoms with E-state index in [1.54, 1.807) is 0 Å². The predicted octanol–water partition coefficient (Wildman–Crippen LogP) is 3.76. The summed E-state index contributed by atoms with van der Waals surface area (Å²) in [5.74, 6) is 0. The quantitative estimate of drug-likeness (QED) is 0.507. The van der Waals surface area contributed by atoms with Crippen molar-refractivity contribution in [1.82, 2.24) is 4.57 Å². The average Bonchev–Trinajstić information content (AvgIpc) is 2.89. The molecule has 0 bridgehead atoms. The molecule has 0 unspecified atom stereocenters. The Bertz CT molecular complexity index is 920. The molecule has 4 heteroatoms. The third kappa shape index (κ3) is 1.92. The summed E-state index contributed by atoms with van der Waals surface area (Å²) in [4.78, 5) is 0. The van der Waals surface area contributed by atoms with Gasteiger partial charge in [-0.15, -0.1) is 0 Å². The third-order valence-corrected chi connectivity index (χ3v) is 3.97. The summed E-state index contributed by atoms with van der Waals surface area (Å²) in [5.41, 5.74) is 4.14. The topological polar surface area (TPSA) is 8.17 Å². The van der Waals surface area contributed by atoms with Gasteiger partial charge in [-0.25, -0.2) is 0 Å². The van der Waals surface area contributed by atoms with Gasteiger partial charge in [0.1, 0.15) is 0 Å². The summed E-state index contributed by atoms with van der Waals surface area (Å²) in [6, 6.07) is 24.7. The first-order valence-electron chi connectivity index (χ1n) is 7.14. The number of fused-ring (bicyclic) bond motifs is 3. The molecule has 0 aliphatic rings. The van der Waals surface area contributed by atoms with Gasteiger partial charge in [0, 0.05) is 22.1 Å². The SMILES string of the molecule is [B]N([B])c1cccc(-n2c3ccccc3c3ccccc32)c1. The van der Waals surface area contributed by atoms with Crippen LogP contribution in [-0.2, 0) is 0 Å². The third-order valence-electron chi connectivity index (χ3n) is 3.97. The van der Waals surface area contributed by atoms with Crippen LogP contribution in [0.4, 0.5) is 5.69 Å². The Labute approximate surface area is 131 Å². The first-order valence-corrected chi connectivity index (χ1v) is 7.14. The van der Waals surface area contributed by atoms with Gasteiger partial charge in [0.2, 0.25) is 16.0 Å². The van der Waals surface area contributed by atoms with Crippen LogP contribution in [0.15, 0.2) is 72.8 Å². The van der Waals surface area contributed by atoms with E-state index in [0.29, 0.717) is 0 Å². The molecule has 0 spiro atoms. The van der Waals surface area contributed by atoms with Crippen LogP contribution in [0, 0.1) is 0 Å². The molecule has 0 amide bonds. The van der Waals surface area contributed by atoms with Crippen molar-refractivity contribution < 1.29 is 0 Å². The minimum atomic E-state index is 0.763. The normalized spacial score (nSPS) is 11.1. The Morgan fingerprint density at radius 3 is 1.86 bits per heavy atom. The summed E-state index contributed by atoms with van der Waals surface area (Å²) in [6.45, 7) is 0. The van der Waals surface area contributed by atoms with E-state index in [2.05, 4.69) is 59.2 Å². The predicted molar refractivity (Wildman–Crippen MR) is 94.8 cm³/mol. The molecule has 0 saturated carbocycles. The molecule has 0 N–H and O–H groups in total. The molecule has 0 aliphatic heterocycles. The van der Waals surface area contributed by atoms with Crippen molar-refractivity contribution in [2.75, 3.05) is 4.72 Å². The summed E-state index contributed by atoms with van der Waals surface area (Å²) in [5, 5.41) is 2.47. The van der Waals surface area contributed by atoms with Crippen LogP contribution in [0.5, 0.6) is 0 Å². The Kier molecular flexibility index (Phi) is 2.97. The molecular formula is C18H12B2N2. The minimum Gasteiger partial charge on any atom is -0.479 e. The van der Waals surface area contributed by atoms with Crippen LogP contribution in [0.2, 0.25) is 0 Å². The molecule has 0 saturated heterocycles. The molecule has 0 fully saturated rings. The fourth-order valence-corrected chi connectivity index (χ4v) is 2.99. The number of rotatable bonds is 2. The number of hydrogen-bond donors (Lipinski definition) is 0. The van der Waals surface area contributed by atoms with Crippen molar-refractivity contribution in [3.05, 3.63) is 72.8 Å². The zero-order valence-electron chi connectivity index (χ0n) is 12.0. The second-order valence-electron chi connectivity index (χ2n) is 5.30. The van der Waals surface area contributed by atoms with E-state index < -0.39 is 0 Å². The number of benzene rings is 3. The highest BCUT2D eigenvalue weighted by Crippen LogP contribution is 2.32. The van der Waals surface area contributed by atoms with Crippen LogP contribution in [-0.4, -0.2) is 20.5 Å². The highest BCUT2D eigenvalue weighted by Gasteiger charge is 2.11. The maximum atomic E-state index is 5.66. The molecule has 100 valence electrons. The fraction of sp³-hybridized carbons (Fsp3) is 0. The summed E-state index contributed by atoms with van der Waals surface area (Å²) < 4.78 is 3.37.